The molecule has 0 aliphatic rings. The van der Waals surface area contributed by atoms with Crippen LogP contribution in [0.5, 0.6) is 0 Å². The minimum atomic E-state index is -0.670. The van der Waals surface area contributed by atoms with E-state index >= 15 is 0 Å². The number of hydrogen-bond acceptors (Lipinski definition) is 2. The molecule has 0 aliphatic carbocycles. The summed E-state index contributed by atoms with van der Waals surface area (Å²) in [5.41, 5.74) is 0. The molecule has 1 N–H and O–H groups in total. The molecule has 0 fully saturated rings. The number of nitrogens with zero attached hydrogens (tertiary/aromatic N) is 1. The first-order chi connectivity index (χ1) is 10.5. The van der Waals surface area contributed by atoms with Crippen molar-refractivity contribution in [2.24, 2.45) is 0 Å². The Kier molecular flexibility index (Phi) is 14.2. The molecular formula is C18H38NO2S+. The van der Waals surface area contributed by atoms with Crippen molar-refractivity contribution >= 4 is 18.6 Å². The van der Waals surface area contributed by atoms with E-state index < -0.39 is 5.97 Å². The molecule has 0 heterocycles. The van der Waals surface area contributed by atoms with Crippen molar-refractivity contribution in [1.82, 2.24) is 0 Å². The summed E-state index contributed by atoms with van der Waals surface area (Å²) >= 11 is 4.23. The standard InChI is InChI=1S/C18H37NO2S/c1-19(2,16-12-10-14-18(20)21)15-11-8-6-4-3-5-7-9-13-17-22/h3-17H2,1-2H3,(H-,20,21,22)/p+1. The molecule has 0 radical (unpaired) electrons. The topological polar surface area (TPSA) is 37.3 Å². The van der Waals surface area contributed by atoms with Crippen LogP contribution in [0.25, 0.3) is 0 Å². The van der Waals surface area contributed by atoms with Gasteiger partial charge in [0.2, 0.25) is 0 Å². The molecule has 3 nitrogen and oxygen atoms in total. The molecule has 132 valence electrons. The van der Waals surface area contributed by atoms with Gasteiger partial charge in [0.15, 0.2) is 0 Å². The lowest BCUT2D eigenvalue weighted by Gasteiger charge is -2.29. The molecule has 0 rings (SSSR count). The average molecular weight is 333 g/mol. The van der Waals surface area contributed by atoms with Crippen LogP contribution in [-0.4, -0.2) is 48.5 Å². The van der Waals surface area contributed by atoms with Crippen LogP contribution in [0.3, 0.4) is 0 Å². The molecule has 22 heavy (non-hydrogen) atoms. The minimum absolute atomic E-state index is 0.313. The Morgan fingerprint density at radius 2 is 1.18 bits per heavy atom. The van der Waals surface area contributed by atoms with Crippen LogP contribution in [-0.2, 0) is 4.79 Å². The van der Waals surface area contributed by atoms with E-state index in [1.54, 1.807) is 0 Å². The van der Waals surface area contributed by atoms with Gasteiger partial charge in [-0.15, -0.1) is 0 Å². The second-order valence-electron chi connectivity index (χ2n) is 7.14. The fourth-order valence-corrected chi connectivity index (χ4v) is 3.04. The molecule has 0 aromatic heterocycles. The number of unbranched alkanes of at least 4 members (excludes halogenated alkanes) is 9. The predicted molar refractivity (Wildman–Crippen MR) is 98.7 cm³/mol. The van der Waals surface area contributed by atoms with E-state index in [0.29, 0.717) is 6.42 Å². The molecule has 4 heteroatoms. The Morgan fingerprint density at radius 1 is 0.773 bits per heavy atom. The van der Waals surface area contributed by atoms with Gasteiger partial charge in [0.05, 0.1) is 27.2 Å². The fourth-order valence-electron chi connectivity index (χ4n) is 2.82. The highest BCUT2D eigenvalue weighted by Gasteiger charge is 2.13. The second kappa shape index (κ2) is 14.4. The monoisotopic (exact) mass is 332 g/mol. The van der Waals surface area contributed by atoms with Crippen molar-refractivity contribution < 1.29 is 14.4 Å². The number of carboxylic acid groups (broad SMARTS) is 1. The SMILES string of the molecule is C[N+](C)(CCCCCCCCCCCS)CCCCC(=O)O. The first-order valence-corrected chi connectivity index (χ1v) is 9.76. The summed E-state index contributed by atoms with van der Waals surface area (Å²) in [6.45, 7) is 2.31. The highest BCUT2D eigenvalue weighted by Crippen LogP contribution is 2.12. The van der Waals surface area contributed by atoms with Gasteiger partial charge < -0.3 is 9.59 Å². The second-order valence-corrected chi connectivity index (χ2v) is 7.59. The Labute approximate surface area is 143 Å². The maximum Gasteiger partial charge on any atom is 0.303 e. The molecule has 0 unspecified atom stereocenters. The molecule has 0 atom stereocenters. The van der Waals surface area contributed by atoms with E-state index in [0.717, 1.165) is 29.6 Å². The van der Waals surface area contributed by atoms with E-state index in [1.807, 2.05) is 0 Å². The van der Waals surface area contributed by atoms with Gasteiger partial charge >= 0.3 is 5.97 Å². The van der Waals surface area contributed by atoms with Crippen LogP contribution in [0.15, 0.2) is 0 Å². The van der Waals surface area contributed by atoms with E-state index in [4.69, 9.17) is 5.11 Å². The zero-order chi connectivity index (χ0) is 16.7. The fraction of sp³-hybridized carbons (Fsp3) is 0.944. The van der Waals surface area contributed by atoms with Gasteiger partial charge in [0.25, 0.3) is 0 Å². The van der Waals surface area contributed by atoms with Crippen molar-refractivity contribution in [3.8, 4) is 0 Å². The first-order valence-electron chi connectivity index (χ1n) is 9.12. The smallest absolute Gasteiger partial charge is 0.303 e. The van der Waals surface area contributed by atoms with E-state index in [9.17, 15) is 4.79 Å². The third-order valence-electron chi connectivity index (χ3n) is 4.33. The lowest BCUT2D eigenvalue weighted by molar-refractivity contribution is -0.890. The molecule has 0 saturated heterocycles. The van der Waals surface area contributed by atoms with Crippen LogP contribution in [0, 0.1) is 0 Å². The molecular weight excluding hydrogens is 294 g/mol. The number of aliphatic carboxylic acids is 1. The van der Waals surface area contributed by atoms with Gasteiger partial charge in [-0.2, -0.15) is 12.6 Å². The van der Waals surface area contributed by atoms with Crippen molar-refractivity contribution in [3.63, 3.8) is 0 Å². The van der Waals surface area contributed by atoms with Crippen LogP contribution < -0.4 is 0 Å². The quantitative estimate of drug-likeness (QED) is 0.243. The number of carbonyl (C=O) groups is 1. The maximum atomic E-state index is 10.5. The van der Waals surface area contributed by atoms with Crippen molar-refractivity contribution in [2.75, 3.05) is 32.9 Å². The summed E-state index contributed by atoms with van der Waals surface area (Å²) in [6, 6.07) is 0. The van der Waals surface area contributed by atoms with Crippen LogP contribution in [0.1, 0.15) is 77.0 Å². The summed E-state index contributed by atoms with van der Waals surface area (Å²) in [5.74, 6) is 0.362. The summed E-state index contributed by atoms with van der Waals surface area (Å²) in [4.78, 5) is 10.5. The van der Waals surface area contributed by atoms with Crippen LogP contribution in [0.2, 0.25) is 0 Å². The number of carboxylic acids is 1. The predicted octanol–water partition coefficient (Wildman–Crippen LogP) is 4.76. The Morgan fingerprint density at radius 3 is 1.64 bits per heavy atom. The zero-order valence-corrected chi connectivity index (χ0v) is 15.8. The van der Waals surface area contributed by atoms with Crippen LogP contribution >= 0.6 is 12.6 Å². The van der Waals surface area contributed by atoms with E-state index in [-0.39, 0.29) is 0 Å². The normalized spacial score (nSPS) is 11.8. The van der Waals surface area contributed by atoms with Crippen LogP contribution in [0.4, 0.5) is 0 Å². The van der Waals surface area contributed by atoms with Gasteiger partial charge in [0, 0.05) is 6.42 Å². The molecule has 0 aromatic carbocycles. The molecule has 0 bridgehead atoms. The first kappa shape index (κ1) is 21.8. The van der Waals surface area contributed by atoms with Gasteiger partial charge in [0.1, 0.15) is 0 Å². The number of hydrogen-bond donors (Lipinski definition) is 2. The van der Waals surface area contributed by atoms with E-state index in [2.05, 4.69) is 26.7 Å². The third kappa shape index (κ3) is 16.2. The number of rotatable bonds is 16. The molecule has 0 spiro atoms. The van der Waals surface area contributed by atoms with Crippen molar-refractivity contribution in [1.29, 1.82) is 0 Å². The van der Waals surface area contributed by atoms with Gasteiger partial charge in [-0.3, -0.25) is 4.79 Å². The molecule has 0 aromatic rings. The Bertz CT molecular complexity index is 270. The highest BCUT2D eigenvalue weighted by molar-refractivity contribution is 7.80. The van der Waals surface area contributed by atoms with Gasteiger partial charge in [-0.05, 0) is 37.9 Å². The summed E-state index contributed by atoms with van der Waals surface area (Å²) in [7, 11) is 4.53. The summed E-state index contributed by atoms with van der Waals surface area (Å²) in [5, 5.41) is 8.64. The largest absolute Gasteiger partial charge is 0.481 e. The lowest BCUT2D eigenvalue weighted by atomic mass is 10.1. The summed E-state index contributed by atoms with van der Waals surface area (Å²) in [6.07, 6.45) is 14.3. The lowest BCUT2D eigenvalue weighted by Crippen LogP contribution is -2.41. The zero-order valence-electron chi connectivity index (χ0n) is 14.9. The Balaban J connectivity index is 3.35. The van der Waals surface area contributed by atoms with Crippen molar-refractivity contribution in [2.45, 2.75) is 77.0 Å². The average Bonchev–Trinajstić information content (AvgIpc) is 2.45. The number of quaternary nitrogens is 1. The molecule has 0 aliphatic heterocycles. The highest BCUT2D eigenvalue weighted by atomic mass is 32.1. The van der Waals surface area contributed by atoms with Gasteiger partial charge in [-0.1, -0.05) is 38.5 Å². The summed E-state index contributed by atoms with van der Waals surface area (Å²) < 4.78 is 1.03. The Hall–Kier alpha value is -0.220. The van der Waals surface area contributed by atoms with Crippen molar-refractivity contribution in [3.05, 3.63) is 0 Å². The number of thiol groups is 1. The minimum Gasteiger partial charge on any atom is -0.481 e. The maximum absolute atomic E-state index is 10.5. The van der Waals surface area contributed by atoms with E-state index in [1.165, 1.54) is 64.3 Å². The molecule has 0 saturated carbocycles. The molecule has 0 amide bonds. The third-order valence-corrected chi connectivity index (χ3v) is 4.64. The van der Waals surface area contributed by atoms with Gasteiger partial charge in [-0.25, -0.2) is 0 Å².